The molecule has 0 bridgehead atoms. The topological polar surface area (TPSA) is 43.1 Å². The van der Waals surface area contributed by atoms with Crippen molar-refractivity contribution in [1.29, 1.82) is 0 Å². The van der Waals surface area contributed by atoms with Crippen molar-refractivity contribution in [2.45, 2.75) is 37.4 Å². The van der Waals surface area contributed by atoms with Gasteiger partial charge < -0.3 is 4.57 Å². The monoisotopic (exact) mass is 356 g/mol. The molecule has 1 aromatic heterocycles. The normalized spacial score (nSPS) is 19.7. The van der Waals surface area contributed by atoms with E-state index in [1.165, 1.54) is 25.6 Å². The van der Waals surface area contributed by atoms with Gasteiger partial charge in [-0.05, 0) is 6.42 Å². The zero-order valence-corrected chi connectivity index (χ0v) is 15.9. The lowest BCUT2D eigenvalue weighted by molar-refractivity contribution is 0.501. The molecule has 0 radical (unpaired) electrons. The van der Waals surface area contributed by atoms with E-state index in [1.54, 1.807) is 6.33 Å². The van der Waals surface area contributed by atoms with E-state index in [4.69, 9.17) is 4.99 Å². The van der Waals surface area contributed by atoms with Crippen LogP contribution in [0, 0.1) is 0 Å². The second-order valence-corrected chi connectivity index (χ2v) is 7.40. The highest BCUT2D eigenvalue weighted by Gasteiger charge is 2.38. The summed E-state index contributed by atoms with van der Waals surface area (Å²) in [5.41, 5.74) is 3.02. The van der Waals surface area contributed by atoms with E-state index in [1.807, 2.05) is 11.6 Å². The zero-order chi connectivity index (χ0) is 18.5. The molecule has 0 spiro atoms. The van der Waals surface area contributed by atoms with E-state index in [2.05, 4.69) is 70.9 Å². The predicted molar refractivity (Wildman–Crippen MR) is 112 cm³/mol. The number of hydrogen-bond donors (Lipinski definition) is 0. The molecule has 0 aliphatic carbocycles. The number of aryl methyl sites for hydroxylation is 1. The number of hydrogen-bond acceptors (Lipinski definition) is 3. The summed E-state index contributed by atoms with van der Waals surface area (Å²) in [7, 11) is 3.05. The van der Waals surface area contributed by atoms with E-state index in [-0.39, 0.29) is 5.44 Å². The maximum atomic E-state index is 5.46. The van der Waals surface area contributed by atoms with E-state index in [9.17, 15) is 0 Å². The standard InChI is InChI=1S/C22H25BN4/c1-27-17-24-26-21(27)22(15-9-4-10-16-23-22)25-20(18-11-5-2-6-12-18)19-13-7-3-8-14-19/h2-3,5-8,11-14,17,23H,4,9-10,15-16H2,1H3. The molecule has 1 atom stereocenters. The molecule has 27 heavy (non-hydrogen) atoms. The molecule has 2 heterocycles. The van der Waals surface area contributed by atoms with Gasteiger partial charge in [-0.25, -0.2) is 0 Å². The van der Waals surface area contributed by atoms with Gasteiger partial charge in [0.1, 0.15) is 6.33 Å². The first-order valence-electron chi connectivity index (χ1n) is 9.84. The van der Waals surface area contributed by atoms with Crippen LogP contribution in [0.2, 0.25) is 6.32 Å². The quantitative estimate of drug-likeness (QED) is 0.525. The summed E-state index contributed by atoms with van der Waals surface area (Å²) >= 11 is 0. The Morgan fingerprint density at radius 3 is 2.22 bits per heavy atom. The molecule has 1 aliphatic heterocycles. The van der Waals surface area contributed by atoms with Gasteiger partial charge in [0, 0.05) is 18.2 Å². The Kier molecular flexibility index (Phi) is 5.19. The first kappa shape index (κ1) is 17.7. The predicted octanol–water partition coefficient (Wildman–Crippen LogP) is 3.93. The molecular formula is C22H25BN4. The first-order valence-corrected chi connectivity index (χ1v) is 9.84. The van der Waals surface area contributed by atoms with Crippen LogP contribution in [-0.2, 0) is 12.5 Å². The summed E-state index contributed by atoms with van der Waals surface area (Å²) in [5, 5.41) is 8.67. The van der Waals surface area contributed by atoms with Gasteiger partial charge in [0.15, 0.2) is 13.1 Å². The van der Waals surface area contributed by atoms with Gasteiger partial charge in [-0.2, -0.15) is 0 Å². The Hall–Kier alpha value is -2.69. The molecule has 1 aliphatic rings. The minimum Gasteiger partial charge on any atom is -0.319 e. The van der Waals surface area contributed by atoms with Crippen LogP contribution in [0.4, 0.5) is 0 Å². The summed E-state index contributed by atoms with van der Waals surface area (Å²) in [6, 6.07) is 21.0. The van der Waals surface area contributed by atoms with Crippen molar-refractivity contribution in [3.63, 3.8) is 0 Å². The Balaban J connectivity index is 1.91. The molecule has 0 amide bonds. The van der Waals surface area contributed by atoms with Gasteiger partial charge in [-0.1, -0.05) is 86.2 Å². The molecule has 4 rings (SSSR count). The molecule has 5 heteroatoms. The van der Waals surface area contributed by atoms with Crippen LogP contribution >= 0.6 is 0 Å². The second kappa shape index (κ2) is 7.91. The summed E-state index contributed by atoms with van der Waals surface area (Å²) < 4.78 is 2.04. The van der Waals surface area contributed by atoms with Crippen LogP contribution < -0.4 is 0 Å². The van der Waals surface area contributed by atoms with Crippen LogP contribution in [-0.4, -0.2) is 27.8 Å². The second-order valence-electron chi connectivity index (χ2n) is 7.40. The third-order valence-corrected chi connectivity index (χ3v) is 5.48. The molecule has 1 unspecified atom stereocenters. The number of rotatable bonds is 4. The fraction of sp³-hybridized carbons (Fsp3) is 0.318. The van der Waals surface area contributed by atoms with Crippen LogP contribution in [0.15, 0.2) is 72.0 Å². The van der Waals surface area contributed by atoms with Gasteiger partial charge in [0.2, 0.25) is 0 Å². The van der Waals surface area contributed by atoms with Gasteiger partial charge >= 0.3 is 0 Å². The van der Waals surface area contributed by atoms with E-state index >= 15 is 0 Å². The molecule has 0 N–H and O–H groups in total. The van der Waals surface area contributed by atoms with Crippen LogP contribution in [0.3, 0.4) is 0 Å². The third kappa shape index (κ3) is 3.73. The molecule has 1 fully saturated rings. The van der Waals surface area contributed by atoms with Crippen LogP contribution in [0.1, 0.15) is 42.6 Å². The fourth-order valence-electron chi connectivity index (χ4n) is 4.11. The minimum atomic E-state index is -0.317. The highest BCUT2D eigenvalue weighted by Crippen LogP contribution is 2.35. The summed E-state index contributed by atoms with van der Waals surface area (Å²) in [6.07, 6.45) is 7.69. The van der Waals surface area contributed by atoms with Crippen LogP contribution in [0.25, 0.3) is 0 Å². The van der Waals surface area contributed by atoms with Crippen molar-refractivity contribution in [2.24, 2.45) is 12.0 Å². The molecule has 0 saturated carbocycles. The molecule has 2 aromatic carbocycles. The maximum Gasteiger partial charge on any atom is 0.166 e. The maximum absolute atomic E-state index is 5.46. The summed E-state index contributed by atoms with van der Waals surface area (Å²) in [4.78, 5) is 5.46. The van der Waals surface area contributed by atoms with Crippen molar-refractivity contribution < 1.29 is 0 Å². The number of aliphatic imine (C=N–C) groups is 1. The first-order chi connectivity index (χ1) is 13.3. The summed E-state index contributed by atoms with van der Waals surface area (Å²) in [5.74, 6) is 0.980. The Morgan fingerprint density at radius 2 is 1.63 bits per heavy atom. The van der Waals surface area contributed by atoms with E-state index in [0.29, 0.717) is 0 Å². The van der Waals surface area contributed by atoms with Gasteiger partial charge in [-0.15, -0.1) is 10.2 Å². The number of aromatic nitrogens is 3. The fourth-order valence-corrected chi connectivity index (χ4v) is 4.11. The smallest absolute Gasteiger partial charge is 0.166 e. The van der Waals surface area contributed by atoms with Gasteiger partial charge in [-0.3, -0.25) is 4.99 Å². The zero-order valence-electron chi connectivity index (χ0n) is 15.9. The Bertz CT molecular complexity index is 853. The van der Waals surface area contributed by atoms with Crippen molar-refractivity contribution in [2.75, 3.05) is 0 Å². The van der Waals surface area contributed by atoms with Gasteiger partial charge in [0.25, 0.3) is 0 Å². The average Bonchev–Trinajstić information content (AvgIpc) is 3.02. The lowest BCUT2D eigenvalue weighted by atomic mass is 9.54. The lowest BCUT2D eigenvalue weighted by Gasteiger charge is -2.28. The number of nitrogens with zero attached hydrogens (tertiary/aromatic N) is 4. The lowest BCUT2D eigenvalue weighted by Crippen LogP contribution is -2.35. The largest absolute Gasteiger partial charge is 0.319 e. The van der Waals surface area contributed by atoms with E-state index in [0.717, 1.165) is 36.4 Å². The molecular weight excluding hydrogens is 331 g/mol. The van der Waals surface area contributed by atoms with Crippen molar-refractivity contribution >= 4 is 13.0 Å². The minimum absolute atomic E-state index is 0.317. The van der Waals surface area contributed by atoms with Crippen molar-refractivity contribution in [3.05, 3.63) is 83.9 Å². The molecule has 1 saturated heterocycles. The number of benzene rings is 2. The summed E-state index contributed by atoms with van der Waals surface area (Å²) in [6.45, 7) is 0. The van der Waals surface area contributed by atoms with Crippen molar-refractivity contribution in [3.8, 4) is 0 Å². The van der Waals surface area contributed by atoms with Crippen molar-refractivity contribution in [1.82, 2.24) is 14.8 Å². The molecule has 3 aromatic rings. The van der Waals surface area contributed by atoms with E-state index < -0.39 is 0 Å². The molecule has 136 valence electrons. The SMILES string of the molecule is Cn1cnnc1C1(N=C(c2ccccc2)c2ccccc2)BCCCCC1. The Morgan fingerprint density at radius 1 is 0.963 bits per heavy atom. The highest BCUT2D eigenvalue weighted by atomic mass is 15.3. The Labute approximate surface area is 161 Å². The highest BCUT2D eigenvalue weighted by molar-refractivity contribution is 6.40. The average molecular weight is 356 g/mol. The third-order valence-electron chi connectivity index (χ3n) is 5.48. The van der Waals surface area contributed by atoms with Crippen LogP contribution in [0.5, 0.6) is 0 Å². The molecule has 4 nitrogen and oxygen atoms in total. The van der Waals surface area contributed by atoms with Gasteiger partial charge in [0.05, 0.1) is 11.1 Å².